The van der Waals surface area contributed by atoms with Crippen molar-refractivity contribution in [3.63, 3.8) is 0 Å². The molecule has 16 heavy (non-hydrogen) atoms. The third-order valence-corrected chi connectivity index (χ3v) is 3.57. The van der Waals surface area contributed by atoms with E-state index in [9.17, 15) is 0 Å². The van der Waals surface area contributed by atoms with E-state index < -0.39 is 0 Å². The monoisotopic (exact) mass is 226 g/mol. The van der Waals surface area contributed by atoms with Crippen LogP contribution in [0.5, 0.6) is 0 Å². The summed E-state index contributed by atoms with van der Waals surface area (Å²) in [6, 6.07) is 0. The molecule has 0 spiro atoms. The van der Waals surface area contributed by atoms with Crippen molar-refractivity contribution < 1.29 is 0 Å². The normalized spacial score (nSPS) is 21.9. The van der Waals surface area contributed by atoms with Crippen LogP contribution in [0.25, 0.3) is 0 Å². The minimum Gasteiger partial charge on any atom is -0.282 e. The molecule has 0 bridgehead atoms. The lowest BCUT2D eigenvalue weighted by atomic mass is 10.0. The standard InChI is InChI=1S/C14H30N2/c1-8-9-12-15(13(2,3)4)10-11-16(12)14(5,6)7/h12H,8-11H2,1-7H3. The zero-order valence-electron chi connectivity index (χ0n) is 12.3. The third kappa shape index (κ3) is 2.98. The van der Waals surface area contributed by atoms with Crippen molar-refractivity contribution in [1.29, 1.82) is 0 Å². The highest BCUT2D eigenvalue weighted by Gasteiger charge is 2.41. The van der Waals surface area contributed by atoms with Gasteiger partial charge in [-0.1, -0.05) is 13.3 Å². The SMILES string of the molecule is CCCC1N(C(C)(C)C)CCN1C(C)(C)C. The van der Waals surface area contributed by atoms with E-state index in [0.717, 1.165) is 0 Å². The van der Waals surface area contributed by atoms with Gasteiger partial charge in [-0.3, -0.25) is 9.80 Å². The van der Waals surface area contributed by atoms with Gasteiger partial charge in [0.05, 0.1) is 6.17 Å². The first kappa shape index (κ1) is 14.0. The van der Waals surface area contributed by atoms with Gasteiger partial charge in [-0.2, -0.15) is 0 Å². The van der Waals surface area contributed by atoms with Crippen LogP contribution >= 0.6 is 0 Å². The average Bonchev–Trinajstić information content (AvgIpc) is 2.46. The number of hydrogen-bond acceptors (Lipinski definition) is 2. The maximum absolute atomic E-state index is 2.67. The molecule has 2 heteroatoms. The molecule has 0 saturated carbocycles. The Morgan fingerprint density at radius 2 is 1.25 bits per heavy atom. The van der Waals surface area contributed by atoms with Crippen molar-refractivity contribution in [2.24, 2.45) is 0 Å². The summed E-state index contributed by atoms with van der Waals surface area (Å²) in [7, 11) is 0. The van der Waals surface area contributed by atoms with Gasteiger partial charge in [0, 0.05) is 24.2 Å². The molecule has 1 aliphatic heterocycles. The molecule has 0 radical (unpaired) electrons. The Morgan fingerprint density at radius 3 is 1.50 bits per heavy atom. The topological polar surface area (TPSA) is 6.48 Å². The summed E-state index contributed by atoms with van der Waals surface area (Å²) in [6.07, 6.45) is 3.18. The minimum atomic E-state index is 0.292. The summed E-state index contributed by atoms with van der Waals surface area (Å²) in [5.41, 5.74) is 0.583. The first-order chi connectivity index (χ1) is 7.18. The minimum absolute atomic E-state index is 0.292. The Bertz CT molecular complexity index is 200. The lowest BCUT2D eigenvalue weighted by molar-refractivity contribution is 0.0133. The Kier molecular flexibility index (Phi) is 4.07. The van der Waals surface area contributed by atoms with Crippen molar-refractivity contribution in [3.8, 4) is 0 Å². The number of nitrogens with zero attached hydrogens (tertiary/aromatic N) is 2. The van der Waals surface area contributed by atoms with Crippen LogP contribution in [0.1, 0.15) is 61.3 Å². The fourth-order valence-corrected chi connectivity index (χ4v) is 2.82. The van der Waals surface area contributed by atoms with E-state index >= 15 is 0 Å². The molecule has 0 aliphatic carbocycles. The molecule has 1 aliphatic rings. The molecular formula is C14H30N2. The van der Waals surface area contributed by atoms with E-state index in [0.29, 0.717) is 17.2 Å². The van der Waals surface area contributed by atoms with Crippen molar-refractivity contribution in [3.05, 3.63) is 0 Å². The van der Waals surface area contributed by atoms with Gasteiger partial charge in [-0.05, 0) is 48.0 Å². The molecule has 1 saturated heterocycles. The number of rotatable bonds is 2. The highest BCUT2D eigenvalue weighted by atomic mass is 15.5. The largest absolute Gasteiger partial charge is 0.282 e. The molecule has 0 amide bonds. The predicted octanol–water partition coefficient (Wildman–Crippen LogP) is 3.33. The number of hydrogen-bond donors (Lipinski definition) is 0. The second kappa shape index (κ2) is 4.66. The lowest BCUT2D eigenvalue weighted by Crippen LogP contribution is -2.52. The zero-order valence-corrected chi connectivity index (χ0v) is 12.3. The predicted molar refractivity (Wildman–Crippen MR) is 71.6 cm³/mol. The summed E-state index contributed by atoms with van der Waals surface area (Å²) in [5.74, 6) is 0. The summed E-state index contributed by atoms with van der Waals surface area (Å²) in [4.78, 5) is 5.34. The fraction of sp³-hybridized carbons (Fsp3) is 1.00. The second-order valence-corrected chi connectivity index (χ2v) is 7.00. The van der Waals surface area contributed by atoms with Gasteiger partial charge in [-0.25, -0.2) is 0 Å². The molecule has 0 aromatic carbocycles. The zero-order chi connectivity index (χ0) is 12.6. The summed E-state index contributed by atoms with van der Waals surface area (Å²) >= 11 is 0. The Hall–Kier alpha value is -0.0800. The third-order valence-electron chi connectivity index (χ3n) is 3.57. The second-order valence-electron chi connectivity index (χ2n) is 7.00. The van der Waals surface area contributed by atoms with Gasteiger partial charge in [0.1, 0.15) is 0 Å². The van der Waals surface area contributed by atoms with Gasteiger partial charge >= 0.3 is 0 Å². The molecule has 0 aromatic rings. The van der Waals surface area contributed by atoms with Gasteiger partial charge in [-0.15, -0.1) is 0 Å². The average molecular weight is 226 g/mol. The Balaban J connectivity index is 2.85. The quantitative estimate of drug-likeness (QED) is 0.712. The highest BCUT2D eigenvalue weighted by molar-refractivity contribution is 4.94. The Labute approximate surface area is 102 Å². The molecule has 0 atom stereocenters. The molecule has 0 aromatic heterocycles. The van der Waals surface area contributed by atoms with Gasteiger partial charge in [0.25, 0.3) is 0 Å². The summed E-state index contributed by atoms with van der Waals surface area (Å²) in [5, 5.41) is 0. The first-order valence-corrected chi connectivity index (χ1v) is 6.71. The first-order valence-electron chi connectivity index (χ1n) is 6.71. The van der Waals surface area contributed by atoms with E-state index in [1.165, 1.54) is 25.9 Å². The summed E-state index contributed by atoms with van der Waals surface area (Å²) < 4.78 is 0. The van der Waals surface area contributed by atoms with E-state index in [4.69, 9.17) is 0 Å². The maximum Gasteiger partial charge on any atom is 0.0631 e. The van der Waals surface area contributed by atoms with E-state index in [1.54, 1.807) is 0 Å². The molecule has 1 heterocycles. The highest BCUT2D eigenvalue weighted by Crippen LogP contribution is 2.31. The lowest BCUT2D eigenvalue weighted by Gasteiger charge is -2.43. The van der Waals surface area contributed by atoms with E-state index in [2.05, 4.69) is 58.3 Å². The molecule has 1 fully saturated rings. The molecule has 0 unspecified atom stereocenters. The van der Waals surface area contributed by atoms with Crippen LogP contribution in [0.2, 0.25) is 0 Å². The van der Waals surface area contributed by atoms with Crippen molar-refractivity contribution >= 4 is 0 Å². The van der Waals surface area contributed by atoms with Crippen molar-refractivity contribution in [2.75, 3.05) is 13.1 Å². The van der Waals surface area contributed by atoms with Crippen LogP contribution in [0.15, 0.2) is 0 Å². The van der Waals surface area contributed by atoms with Crippen LogP contribution in [-0.2, 0) is 0 Å². The fourth-order valence-electron chi connectivity index (χ4n) is 2.82. The van der Waals surface area contributed by atoms with Gasteiger partial charge in [0.15, 0.2) is 0 Å². The van der Waals surface area contributed by atoms with Crippen LogP contribution in [0, 0.1) is 0 Å². The van der Waals surface area contributed by atoms with Crippen LogP contribution < -0.4 is 0 Å². The van der Waals surface area contributed by atoms with Crippen LogP contribution in [-0.4, -0.2) is 40.1 Å². The van der Waals surface area contributed by atoms with Gasteiger partial charge in [0.2, 0.25) is 0 Å². The van der Waals surface area contributed by atoms with E-state index in [1.807, 2.05) is 0 Å². The van der Waals surface area contributed by atoms with Crippen LogP contribution in [0.3, 0.4) is 0 Å². The van der Waals surface area contributed by atoms with Crippen molar-refractivity contribution in [1.82, 2.24) is 9.80 Å². The van der Waals surface area contributed by atoms with Crippen LogP contribution in [0.4, 0.5) is 0 Å². The molecule has 96 valence electrons. The van der Waals surface area contributed by atoms with Crippen molar-refractivity contribution in [2.45, 2.75) is 78.6 Å². The maximum atomic E-state index is 2.67. The molecular weight excluding hydrogens is 196 g/mol. The molecule has 1 rings (SSSR count). The molecule has 2 nitrogen and oxygen atoms in total. The van der Waals surface area contributed by atoms with E-state index in [-0.39, 0.29) is 0 Å². The molecule has 0 N–H and O–H groups in total. The summed E-state index contributed by atoms with van der Waals surface area (Å²) in [6.45, 7) is 18.7. The Morgan fingerprint density at radius 1 is 0.875 bits per heavy atom. The van der Waals surface area contributed by atoms with Gasteiger partial charge < -0.3 is 0 Å². The smallest absolute Gasteiger partial charge is 0.0631 e.